The topological polar surface area (TPSA) is 81.1 Å². The van der Waals surface area contributed by atoms with Gasteiger partial charge in [-0.25, -0.2) is 0 Å². The quantitative estimate of drug-likeness (QED) is 0.113. The second kappa shape index (κ2) is 10.5. The Morgan fingerprint density at radius 3 is 1.98 bits per heavy atom. The van der Waals surface area contributed by atoms with E-state index in [1.165, 1.54) is 11.1 Å². The van der Waals surface area contributed by atoms with E-state index in [0.29, 0.717) is 11.1 Å². The Morgan fingerprint density at radius 2 is 1.32 bits per heavy atom. The number of fused-ring (bicyclic) bond motifs is 6. The molecule has 5 heteroatoms. The molecule has 3 heterocycles. The minimum absolute atomic E-state index is 0.0104. The highest BCUT2D eigenvalue weighted by molar-refractivity contribution is 6.19. The second-order valence-corrected chi connectivity index (χ2v) is 10.9. The number of nitrogens with one attached hydrogen (secondary N) is 1. The fraction of sp³-hybridized carbons (Fsp3) is 0.0513. The van der Waals surface area contributed by atoms with Crippen molar-refractivity contribution in [1.82, 2.24) is 4.57 Å². The molecule has 0 saturated heterocycles. The number of rotatable bonds is 7. The van der Waals surface area contributed by atoms with Crippen molar-refractivity contribution in [3.05, 3.63) is 138 Å². The zero-order valence-corrected chi connectivity index (χ0v) is 24.6. The summed E-state index contributed by atoms with van der Waals surface area (Å²) < 4.78 is 15.0. The van der Waals surface area contributed by atoms with Gasteiger partial charge in [-0.2, -0.15) is 0 Å². The minimum atomic E-state index is 0.0104. The van der Waals surface area contributed by atoms with E-state index in [2.05, 4.69) is 68.0 Å². The van der Waals surface area contributed by atoms with Gasteiger partial charge in [0, 0.05) is 33.1 Å². The van der Waals surface area contributed by atoms with Crippen molar-refractivity contribution in [2.24, 2.45) is 5.73 Å². The molecular weight excluding hydrogens is 542 g/mol. The van der Waals surface area contributed by atoms with E-state index in [0.717, 1.165) is 66.5 Å². The average Bonchev–Trinajstić information content (AvgIpc) is 3.68. The highest BCUT2D eigenvalue weighted by Gasteiger charge is 2.22. The van der Waals surface area contributed by atoms with Gasteiger partial charge in [-0.3, -0.25) is 5.41 Å². The Kier molecular flexibility index (Phi) is 6.44. The van der Waals surface area contributed by atoms with Crippen molar-refractivity contribution in [1.29, 1.82) is 5.41 Å². The van der Waals surface area contributed by atoms with E-state index in [4.69, 9.17) is 20.0 Å². The summed E-state index contributed by atoms with van der Waals surface area (Å²) in [4.78, 5) is 0. The third kappa shape index (κ3) is 4.05. The molecule has 0 aliphatic heterocycles. The van der Waals surface area contributed by atoms with Crippen LogP contribution >= 0.6 is 0 Å². The van der Waals surface area contributed by atoms with Gasteiger partial charge >= 0.3 is 0 Å². The Balaban J connectivity index is 1.57. The number of nitrogens with two attached hydrogens (primary N) is 1. The van der Waals surface area contributed by atoms with Gasteiger partial charge < -0.3 is 19.1 Å². The van der Waals surface area contributed by atoms with Crippen LogP contribution in [0.3, 0.4) is 0 Å². The molecule has 3 aromatic heterocycles. The monoisotopic (exact) mass is 573 g/mol. The van der Waals surface area contributed by atoms with E-state index < -0.39 is 0 Å². The van der Waals surface area contributed by atoms with Gasteiger partial charge in [0.1, 0.15) is 28.2 Å². The number of hydrogen-bond donors (Lipinski definition) is 2. The predicted octanol–water partition coefficient (Wildman–Crippen LogP) is 10.2. The number of benzene rings is 4. The highest BCUT2D eigenvalue weighted by Crippen LogP contribution is 2.43. The Hall–Kier alpha value is -5.81. The number of amidine groups is 1. The van der Waals surface area contributed by atoms with E-state index in [-0.39, 0.29) is 5.84 Å². The third-order valence-electron chi connectivity index (χ3n) is 8.43. The molecule has 0 unspecified atom stereocenters. The molecule has 0 aliphatic carbocycles. The number of hydrogen-bond acceptors (Lipinski definition) is 3. The molecule has 3 N–H and O–H groups in total. The van der Waals surface area contributed by atoms with Crippen molar-refractivity contribution in [3.63, 3.8) is 0 Å². The van der Waals surface area contributed by atoms with E-state index in [1.54, 1.807) is 12.2 Å². The molecule has 0 bridgehead atoms. The molecule has 0 amide bonds. The summed E-state index contributed by atoms with van der Waals surface area (Å²) in [5, 5.41) is 12.0. The minimum Gasteiger partial charge on any atom is -0.456 e. The lowest BCUT2D eigenvalue weighted by atomic mass is 9.96. The second-order valence-electron chi connectivity index (χ2n) is 10.9. The first kappa shape index (κ1) is 27.0. The first-order valence-corrected chi connectivity index (χ1v) is 14.5. The number of aromatic nitrogens is 1. The van der Waals surface area contributed by atoms with Gasteiger partial charge in [-0.05, 0) is 84.7 Å². The molecule has 0 spiro atoms. The Labute approximate surface area is 255 Å². The maximum Gasteiger partial charge on any atom is 0.137 e. The average molecular weight is 574 g/mol. The Morgan fingerprint density at radius 1 is 0.727 bits per heavy atom. The molecule has 5 nitrogen and oxygen atoms in total. The van der Waals surface area contributed by atoms with Crippen LogP contribution in [0.1, 0.15) is 28.1 Å². The van der Waals surface area contributed by atoms with Crippen molar-refractivity contribution >= 4 is 61.9 Å². The SMILES string of the molecule is C=C/C=C\c1c(C)c(C)c(/C=C\C=C)n1-c1cccc2oc3cccc(-c4ccc5oc6cccc(C(=N)N)c6c5c4)c3c12. The summed E-state index contributed by atoms with van der Waals surface area (Å²) in [6.07, 6.45) is 11.7. The summed E-state index contributed by atoms with van der Waals surface area (Å²) in [6.45, 7) is 12.1. The first-order valence-electron chi connectivity index (χ1n) is 14.5. The molecule has 0 fully saturated rings. The molecule has 44 heavy (non-hydrogen) atoms. The lowest BCUT2D eigenvalue weighted by Crippen LogP contribution is -2.11. The van der Waals surface area contributed by atoms with E-state index >= 15 is 0 Å². The van der Waals surface area contributed by atoms with Gasteiger partial charge in [-0.1, -0.05) is 73.9 Å². The van der Waals surface area contributed by atoms with Crippen LogP contribution in [0.5, 0.6) is 0 Å². The number of nitrogen functional groups attached to an aromatic ring is 1. The summed E-state index contributed by atoms with van der Waals surface area (Å²) in [7, 11) is 0. The standard InChI is InChI=1S/C39H31N3O2/c1-5-7-14-29-23(3)24(4)30(15-8-6-2)42(29)31-16-11-19-35-38(31)37-26(12-9-18-34(37)44-35)25-20-21-32-28(22-25)36-27(39(40)41)13-10-17-33(36)43-32/h5-22H,1-2H2,3-4H3,(H3,40,41)/b14-7-,15-8-. The van der Waals surface area contributed by atoms with Crippen molar-refractivity contribution < 1.29 is 8.83 Å². The molecule has 0 saturated carbocycles. The lowest BCUT2D eigenvalue weighted by molar-refractivity contribution is 0.668. The molecule has 4 aromatic carbocycles. The fourth-order valence-corrected chi connectivity index (χ4v) is 6.32. The zero-order valence-electron chi connectivity index (χ0n) is 24.6. The molecule has 7 aromatic rings. The van der Waals surface area contributed by atoms with Gasteiger partial charge in [0.15, 0.2) is 0 Å². The van der Waals surface area contributed by atoms with Gasteiger partial charge in [0.25, 0.3) is 0 Å². The fourth-order valence-electron chi connectivity index (χ4n) is 6.32. The first-order chi connectivity index (χ1) is 21.4. The van der Waals surface area contributed by atoms with Crippen LogP contribution in [-0.2, 0) is 0 Å². The van der Waals surface area contributed by atoms with Gasteiger partial charge in [-0.15, -0.1) is 0 Å². The molecular formula is C39H31N3O2. The maximum absolute atomic E-state index is 8.17. The molecule has 214 valence electrons. The van der Waals surface area contributed by atoms with E-state index in [1.807, 2.05) is 60.7 Å². The molecule has 7 rings (SSSR count). The van der Waals surface area contributed by atoms with Gasteiger partial charge in [0.2, 0.25) is 0 Å². The zero-order chi connectivity index (χ0) is 30.5. The van der Waals surface area contributed by atoms with Crippen LogP contribution in [-0.4, -0.2) is 10.4 Å². The lowest BCUT2D eigenvalue weighted by Gasteiger charge is -2.13. The molecule has 0 atom stereocenters. The normalized spacial score (nSPS) is 12.0. The van der Waals surface area contributed by atoms with Crippen LogP contribution in [0.25, 0.3) is 72.8 Å². The number of furan rings is 2. The van der Waals surface area contributed by atoms with E-state index in [9.17, 15) is 0 Å². The summed E-state index contributed by atoms with van der Waals surface area (Å²) in [6, 6.07) is 24.2. The summed E-state index contributed by atoms with van der Waals surface area (Å²) in [5.41, 5.74) is 17.3. The Bertz CT molecular complexity index is 2330. The predicted molar refractivity (Wildman–Crippen MR) is 185 cm³/mol. The largest absolute Gasteiger partial charge is 0.456 e. The van der Waals surface area contributed by atoms with Crippen molar-refractivity contribution in [3.8, 4) is 16.8 Å². The molecule has 0 radical (unpaired) electrons. The van der Waals surface area contributed by atoms with Crippen LogP contribution in [0.15, 0.2) is 119 Å². The van der Waals surface area contributed by atoms with Crippen LogP contribution in [0, 0.1) is 19.3 Å². The summed E-state index contributed by atoms with van der Waals surface area (Å²) >= 11 is 0. The van der Waals surface area contributed by atoms with Crippen LogP contribution in [0.2, 0.25) is 0 Å². The highest BCUT2D eigenvalue weighted by atomic mass is 16.3. The van der Waals surface area contributed by atoms with Gasteiger partial charge in [0.05, 0.1) is 11.1 Å². The van der Waals surface area contributed by atoms with Crippen LogP contribution < -0.4 is 5.73 Å². The maximum atomic E-state index is 8.17. The third-order valence-corrected chi connectivity index (χ3v) is 8.43. The summed E-state index contributed by atoms with van der Waals surface area (Å²) in [5.74, 6) is 0.0104. The molecule has 0 aliphatic rings. The van der Waals surface area contributed by atoms with Crippen molar-refractivity contribution in [2.45, 2.75) is 13.8 Å². The number of allylic oxidation sites excluding steroid dienone is 4. The van der Waals surface area contributed by atoms with Crippen LogP contribution in [0.4, 0.5) is 0 Å². The number of nitrogens with zero attached hydrogens (tertiary/aromatic N) is 1. The van der Waals surface area contributed by atoms with Crippen molar-refractivity contribution in [2.75, 3.05) is 0 Å². The smallest absolute Gasteiger partial charge is 0.137 e.